The number of fused-ring (bicyclic) bond motifs is 1. The van der Waals surface area contributed by atoms with Crippen LogP contribution in [0.5, 0.6) is 5.75 Å². The van der Waals surface area contributed by atoms with Crippen LogP contribution in [0.25, 0.3) is 0 Å². The Labute approximate surface area is 170 Å². The SMILES string of the molecule is O=C(O)CCCOC1C[C@@H]2C[C@@H](O)[C@@H](CCC(O)COc3ccc(F)cc3)[C@@H]2C1. The fourth-order valence-corrected chi connectivity index (χ4v) is 4.88. The van der Waals surface area contributed by atoms with Crippen molar-refractivity contribution < 1.29 is 34.0 Å². The molecule has 0 aromatic heterocycles. The molecule has 2 saturated carbocycles. The summed E-state index contributed by atoms with van der Waals surface area (Å²) in [5, 5.41) is 29.4. The molecule has 0 saturated heterocycles. The van der Waals surface area contributed by atoms with Crippen LogP contribution in [0.4, 0.5) is 4.39 Å². The van der Waals surface area contributed by atoms with Crippen LogP contribution in [-0.4, -0.2) is 52.8 Å². The summed E-state index contributed by atoms with van der Waals surface area (Å²) in [5.41, 5.74) is 0. The lowest BCUT2D eigenvalue weighted by molar-refractivity contribution is -0.137. The maximum absolute atomic E-state index is 12.9. The van der Waals surface area contributed by atoms with Crippen LogP contribution in [0.1, 0.15) is 44.9 Å². The predicted molar refractivity (Wildman–Crippen MR) is 104 cm³/mol. The number of carboxylic acids is 1. The fourth-order valence-electron chi connectivity index (χ4n) is 4.88. The van der Waals surface area contributed by atoms with Gasteiger partial charge < -0.3 is 24.8 Å². The Balaban J connectivity index is 1.38. The molecule has 2 fully saturated rings. The summed E-state index contributed by atoms with van der Waals surface area (Å²) < 4.78 is 24.3. The van der Waals surface area contributed by atoms with E-state index in [2.05, 4.69) is 0 Å². The molecule has 3 N–H and O–H groups in total. The van der Waals surface area contributed by atoms with Gasteiger partial charge >= 0.3 is 5.97 Å². The Morgan fingerprint density at radius 2 is 1.97 bits per heavy atom. The van der Waals surface area contributed by atoms with E-state index in [0.717, 1.165) is 25.7 Å². The van der Waals surface area contributed by atoms with Crippen molar-refractivity contribution in [2.45, 2.75) is 63.3 Å². The lowest BCUT2D eigenvalue weighted by Gasteiger charge is -2.23. The van der Waals surface area contributed by atoms with Gasteiger partial charge in [0.15, 0.2) is 0 Å². The molecule has 1 aromatic carbocycles. The van der Waals surface area contributed by atoms with E-state index < -0.39 is 12.1 Å². The maximum atomic E-state index is 12.9. The number of hydrogen-bond acceptors (Lipinski definition) is 5. The van der Waals surface area contributed by atoms with Crippen molar-refractivity contribution in [3.05, 3.63) is 30.1 Å². The van der Waals surface area contributed by atoms with E-state index in [9.17, 15) is 19.4 Å². The first-order valence-corrected chi connectivity index (χ1v) is 10.5. The highest BCUT2D eigenvalue weighted by atomic mass is 19.1. The molecule has 7 heteroatoms. The molecule has 3 rings (SSSR count). The lowest BCUT2D eigenvalue weighted by Crippen LogP contribution is -2.25. The number of carbonyl (C=O) groups is 1. The van der Waals surface area contributed by atoms with Gasteiger partial charge in [0.05, 0.1) is 18.3 Å². The van der Waals surface area contributed by atoms with E-state index in [1.54, 1.807) is 0 Å². The fraction of sp³-hybridized carbons (Fsp3) is 0.682. The second-order valence-electron chi connectivity index (χ2n) is 8.35. The summed E-state index contributed by atoms with van der Waals surface area (Å²) in [6, 6.07) is 5.69. The van der Waals surface area contributed by atoms with E-state index in [4.69, 9.17) is 14.6 Å². The van der Waals surface area contributed by atoms with E-state index in [1.807, 2.05) is 0 Å². The standard InChI is InChI=1S/C22H31FO6/c23-15-3-6-17(7-4-15)29-13-16(24)5-8-19-20-12-18(10-14(20)11-21(19)25)28-9-1-2-22(26)27/h3-4,6-7,14,16,18-21,24-25H,1-2,5,8-13H2,(H,26,27)/t14-,16?,18?,19+,20-,21-/m1/s1. The van der Waals surface area contributed by atoms with Crippen LogP contribution in [0, 0.1) is 23.6 Å². The van der Waals surface area contributed by atoms with Crippen LogP contribution in [0.15, 0.2) is 24.3 Å². The monoisotopic (exact) mass is 410 g/mol. The summed E-state index contributed by atoms with van der Waals surface area (Å²) in [5.74, 6) is 0.357. The number of carboxylic acid groups (broad SMARTS) is 1. The van der Waals surface area contributed by atoms with Crippen LogP contribution in [0.2, 0.25) is 0 Å². The van der Waals surface area contributed by atoms with E-state index in [-0.39, 0.29) is 37.0 Å². The van der Waals surface area contributed by atoms with Gasteiger partial charge in [-0.2, -0.15) is 0 Å². The van der Waals surface area contributed by atoms with Crippen molar-refractivity contribution in [2.75, 3.05) is 13.2 Å². The van der Waals surface area contributed by atoms with Gasteiger partial charge in [0, 0.05) is 13.0 Å². The summed E-state index contributed by atoms with van der Waals surface area (Å²) in [6.07, 6.45) is 3.64. The number of ether oxygens (including phenoxy) is 2. The number of aliphatic carboxylic acids is 1. The minimum Gasteiger partial charge on any atom is -0.491 e. The van der Waals surface area contributed by atoms with E-state index in [1.165, 1.54) is 24.3 Å². The number of hydrogen-bond donors (Lipinski definition) is 3. The van der Waals surface area contributed by atoms with Gasteiger partial charge in [-0.1, -0.05) is 0 Å². The number of aliphatic hydroxyl groups is 2. The summed E-state index contributed by atoms with van der Waals surface area (Å²) in [7, 11) is 0. The Morgan fingerprint density at radius 1 is 1.21 bits per heavy atom. The Morgan fingerprint density at radius 3 is 2.69 bits per heavy atom. The third kappa shape index (κ3) is 6.39. The van der Waals surface area contributed by atoms with Gasteiger partial charge in [0.2, 0.25) is 0 Å². The smallest absolute Gasteiger partial charge is 0.303 e. The quantitative estimate of drug-likeness (QED) is 0.486. The molecule has 2 aliphatic carbocycles. The van der Waals surface area contributed by atoms with Gasteiger partial charge in [-0.3, -0.25) is 4.79 Å². The first-order valence-electron chi connectivity index (χ1n) is 10.5. The van der Waals surface area contributed by atoms with Crippen molar-refractivity contribution in [1.29, 1.82) is 0 Å². The average Bonchev–Trinajstić information content (AvgIpc) is 3.19. The number of rotatable bonds is 11. The average molecular weight is 410 g/mol. The van der Waals surface area contributed by atoms with E-state index in [0.29, 0.717) is 37.0 Å². The van der Waals surface area contributed by atoms with Gasteiger partial charge in [0.1, 0.15) is 18.2 Å². The molecule has 0 bridgehead atoms. The molecule has 6 atom stereocenters. The minimum atomic E-state index is -0.804. The highest BCUT2D eigenvalue weighted by molar-refractivity contribution is 5.66. The number of benzene rings is 1. The van der Waals surface area contributed by atoms with Crippen molar-refractivity contribution in [2.24, 2.45) is 17.8 Å². The molecule has 2 unspecified atom stereocenters. The third-order valence-electron chi connectivity index (χ3n) is 6.27. The molecule has 0 spiro atoms. The number of aliphatic hydroxyl groups excluding tert-OH is 2. The summed E-state index contributed by atoms with van der Waals surface area (Å²) >= 11 is 0. The predicted octanol–water partition coefficient (Wildman–Crippen LogP) is 3.00. The lowest BCUT2D eigenvalue weighted by atomic mass is 9.87. The molecule has 1 aromatic rings. The van der Waals surface area contributed by atoms with Gasteiger partial charge in [-0.05, 0) is 80.5 Å². The first kappa shape index (κ1) is 22.0. The van der Waals surface area contributed by atoms with Crippen molar-refractivity contribution in [3.63, 3.8) is 0 Å². The second kappa shape index (κ2) is 10.4. The molecule has 162 valence electrons. The normalized spacial score (nSPS) is 29.6. The Bertz CT molecular complexity index is 651. The van der Waals surface area contributed by atoms with Crippen LogP contribution >= 0.6 is 0 Å². The molecule has 0 heterocycles. The van der Waals surface area contributed by atoms with Gasteiger partial charge in [0.25, 0.3) is 0 Å². The van der Waals surface area contributed by atoms with Crippen LogP contribution in [0.3, 0.4) is 0 Å². The molecule has 29 heavy (non-hydrogen) atoms. The van der Waals surface area contributed by atoms with Gasteiger partial charge in [-0.15, -0.1) is 0 Å². The van der Waals surface area contributed by atoms with Crippen molar-refractivity contribution >= 4 is 5.97 Å². The van der Waals surface area contributed by atoms with Crippen LogP contribution < -0.4 is 4.74 Å². The molecule has 0 amide bonds. The molecule has 2 aliphatic rings. The number of halogens is 1. The zero-order chi connectivity index (χ0) is 20.8. The molecule has 6 nitrogen and oxygen atoms in total. The maximum Gasteiger partial charge on any atom is 0.303 e. The summed E-state index contributed by atoms with van der Waals surface area (Å²) in [6.45, 7) is 0.598. The highest BCUT2D eigenvalue weighted by Gasteiger charge is 2.47. The molecule has 0 radical (unpaired) electrons. The molecular formula is C22H31FO6. The minimum absolute atomic E-state index is 0.124. The second-order valence-corrected chi connectivity index (χ2v) is 8.35. The zero-order valence-corrected chi connectivity index (χ0v) is 16.6. The third-order valence-corrected chi connectivity index (χ3v) is 6.27. The molecule has 0 aliphatic heterocycles. The van der Waals surface area contributed by atoms with Crippen molar-refractivity contribution in [1.82, 2.24) is 0 Å². The first-order chi connectivity index (χ1) is 13.9. The molecular weight excluding hydrogens is 379 g/mol. The van der Waals surface area contributed by atoms with Gasteiger partial charge in [-0.25, -0.2) is 4.39 Å². The zero-order valence-electron chi connectivity index (χ0n) is 16.6. The Hall–Kier alpha value is -1.70. The summed E-state index contributed by atoms with van der Waals surface area (Å²) in [4.78, 5) is 10.6. The van der Waals surface area contributed by atoms with E-state index >= 15 is 0 Å². The van der Waals surface area contributed by atoms with Crippen LogP contribution in [-0.2, 0) is 9.53 Å². The topological polar surface area (TPSA) is 96.2 Å². The Kier molecular flexibility index (Phi) is 7.86. The highest BCUT2D eigenvalue weighted by Crippen LogP contribution is 2.50. The largest absolute Gasteiger partial charge is 0.491 e. The van der Waals surface area contributed by atoms with Crippen molar-refractivity contribution in [3.8, 4) is 5.75 Å².